The first-order valence-electron chi connectivity index (χ1n) is 7.54. The van der Waals surface area contributed by atoms with Crippen molar-refractivity contribution in [1.29, 1.82) is 0 Å². The molecule has 1 aliphatic carbocycles. The molecule has 0 radical (unpaired) electrons. The molecule has 2 nitrogen and oxygen atoms in total. The molecule has 0 atom stereocenters. The lowest BCUT2D eigenvalue weighted by molar-refractivity contribution is 0.114. The second-order valence-corrected chi connectivity index (χ2v) is 7.67. The highest BCUT2D eigenvalue weighted by atomic mass is 79.9. The van der Waals surface area contributed by atoms with Crippen LogP contribution in [0, 0.1) is 5.92 Å². The van der Waals surface area contributed by atoms with Gasteiger partial charge in [-0.3, -0.25) is 0 Å². The summed E-state index contributed by atoms with van der Waals surface area (Å²) in [5, 5.41) is 3.50. The highest BCUT2D eigenvalue weighted by Gasteiger charge is 2.20. The van der Waals surface area contributed by atoms with Crippen molar-refractivity contribution in [3.63, 3.8) is 0 Å². The van der Waals surface area contributed by atoms with Crippen LogP contribution >= 0.6 is 15.9 Å². The van der Waals surface area contributed by atoms with Crippen molar-refractivity contribution >= 4 is 15.9 Å². The van der Waals surface area contributed by atoms with Crippen LogP contribution < -0.4 is 5.32 Å². The number of hydrogen-bond donors (Lipinski definition) is 1. The third kappa shape index (κ3) is 5.94. The van der Waals surface area contributed by atoms with Crippen molar-refractivity contribution in [2.24, 2.45) is 5.92 Å². The minimum absolute atomic E-state index is 0.150. The summed E-state index contributed by atoms with van der Waals surface area (Å²) in [4.78, 5) is 0. The van der Waals surface area contributed by atoms with Crippen molar-refractivity contribution in [1.82, 2.24) is 5.32 Å². The number of hydrogen-bond acceptors (Lipinski definition) is 2. The largest absolute Gasteiger partial charge is 0.377 e. The average Bonchev–Trinajstić information content (AvgIpc) is 3.17. The molecule has 1 aromatic rings. The van der Waals surface area contributed by atoms with Crippen LogP contribution in [0.3, 0.4) is 0 Å². The van der Waals surface area contributed by atoms with Crippen LogP contribution in [-0.4, -0.2) is 12.1 Å². The van der Waals surface area contributed by atoms with Gasteiger partial charge in [-0.25, -0.2) is 0 Å². The molecule has 0 spiro atoms. The van der Waals surface area contributed by atoms with Crippen molar-refractivity contribution in [2.75, 3.05) is 6.61 Å². The van der Waals surface area contributed by atoms with Crippen LogP contribution in [0.5, 0.6) is 0 Å². The van der Waals surface area contributed by atoms with E-state index in [1.807, 2.05) is 0 Å². The summed E-state index contributed by atoms with van der Waals surface area (Å²) in [7, 11) is 0. The number of rotatable bonds is 7. The van der Waals surface area contributed by atoms with Crippen LogP contribution in [0.25, 0.3) is 0 Å². The molecule has 0 aromatic heterocycles. The van der Waals surface area contributed by atoms with Gasteiger partial charge in [-0.05, 0) is 50.3 Å². The molecule has 112 valence electrons. The van der Waals surface area contributed by atoms with Gasteiger partial charge in [0.2, 0.25) is 0 Å². The second kappa shape index (κ2) is 7.06. The summed E-state index contributed by atoms with van der Waals surface area (Å²) in [5.41, 5.74) is 2.69. The van der Waals surface area contributed by atoms with E-state index in [2.05, 4.69) is 60.2 Å². The number of nitrogens with one attached hydrogen (secondary N) is 1. The van der Waals surface area contributed by atoms with Crippen molar-refractivity contribution in [2.45, 2.75) is 58.7 Å². The van der Waals surface area contributed by atoms with Crippen molar-refractivity contribution < 1.29 is 4.74 Å². The summed E-state index contributed by atoms with van der Waals surface area (Å²) in [6.07, 6.45) is 4.04. The lowest BCUT2D eigenvalue weighted by Gasteiger charge is -2.20. The van der Waals surface area contributed by atoms with E-state index in [0.29, 0.717) is 6.61 Å². The second-order valence-electron chi connectivity index (χ2n) is 6.81. The fraction of sp³-hybridized carbons (Fsp3) is 0.647. The molecular formula is C17H26BrNO. The van der Waals surface area contributed by atoms with E-state index in [1.165, 1.54) is 30.4 Å². The Kier molecular flexibility index (Phi) is 5.65. The maximum absolute atomic E-state index is 5.76. The SMILES string of the molecule is CC(C)(C)NCc1ccc(COCCC2CC2)c(Br)c1. The van der Waals surface area contributed by atoms with Gasteiger partial charge in [0.25, 0.3) is 0 Å². The highest BCUT2D eigenvalue weighted by Crippen LogP contribution is 2.32. The Morgan fingerprint density at radius 2 is 2.05 bits per heavy atom. The quantitative estimate of drug-likeness (QED) is 0.729. The van der Waals surface area contributed by atoms with Gasteiger partial charge in [0.05, 0.1) is 6.61 Å². The van der Waals surface area contributed by atoms with Crippen molar-refractivity contribution in [3.05, 3.63) is 33.8 Å². The Bertz CT molecular complexity index is 435. The molecule has 0 amide bonds. The summed E-state index contributed by atoms with van der Waals surface area (Å²) in [5.74, 6) is 0.948. The van der Waals surface area contributed by atoms with Gasteiger partial charge in [0.1, 0.15) is 0 Å². The van der Waals surface area contributed by atoms with E-state index >= 15 is 0 Å². The summed E-state index contributed by atoms with van der Waals surface area (Å²) in [6.45, 7) is 9.05. The van der Waals surface area contributed by atoms with Gasteiger partial charge in [-0.15, -0.1) is 0 Å². The van der Waals surface area contributed by atoms with Gasteiger partial charge in [0.15, 0.2) is 0 Å². The molecule has 0 bridgehead atoms. The molecule has 0 heterocycles. The molecular weight excluding hydrogens is 314 g/mol. The Labute approximate surface area is 131 Å². The normalized spacial score (nSPS) is 15.6. The van der Waals surface area contributed by atoms with E-state index < -0.39 is 0 Å². The third-order valence-corrected chi connectivity index (χ3v) is 4.30. The average molecular weight is 340 g/mol. The zero-order valence-corrected chi connectivity index (χ0v) is 14.4. The van der Waals surface area contributed by atoms with E-state index in [9.17, 15) is 0 Å². The standard InChI is InChI=1S/C17H26BrNO/c1-17(2,3)19-11-14-6-7-15(16(18)10-14)12-20-9-8-13-4-5-13/h6-7,10,13,19H,4-5,8-9,11-12H2,1-3H3. The molecule has 1 saturated carbocycles. The van der Waals surface area contributed by atoms with Crippen LogP contribution in [0.1, 0.15) is 51.2 Å². The van der Waals surface area contributed by atoms with E-state index in [4.69, 9.17) is 4.74 Å². The van der Waals surface area contributed by atoms with Gasteiger partial charge in [0, 0.05) is 23.2 Å². The Morgan fingerprint density at radius 1 is 1.30 bits per heavy atom. The molecule has 20 heavy (non-hydrogen) atoms. The maximum Gasteiger partial charge on any atom is 0.0727 e. The molecule has 0 aliphatic heterocycles. The predicted octanol–water partition coefficient (Wildman–Crippen LogP) is 4.65. The number of benzene rings is 1. The Balaban J connectivity index is 1.78. The van der Waals surface area contributed by atoms with Crippen LogP contribution in [0.4, 0.5) is 0 Å². The topological polar surface area (TPSA) is 21.3 Å². The first-order valence-corrected chi connectivity index (χ1v) is 8.33. The highest BCUT2D eigenvalue weighted by molar-refractivity contribution is 9.10. The summed E-state index contributed by atoms with van der Waals surface area (Å²) < 4.78 is 6.91. The minimum atomic E-state index is 0.150. The zero-order chi connectivity index (χ0) is 14.6. The first kappa shape index (κ1) is 16.0. The molecule has 2 rings (SSSR count). The summed E-state index contributed by atoms with van der Waals surface area (Å²) in [6, 6.07) is 6.54. The van der Waals surface area contributed by atoms with Crippen LogP contribution in [-0.2, 0) is 17.9 Å². The Morgan fingerprint density at radius 3 is 2.65 bits per heavy atom. The first-order chi connectivity index (χ1) is 9.44. The maximum atomic E-state index is 5.76. The van der Waals surface area contributed by atoms with Gasteiger partial charge in [-0.2, -0.15) is 0 Å². The van der Waals surface area contributed by atoms with E-state index in [1.54, 1.807) is 0 Å². The molecule has 0 saturated heterocycles. The molecule has 3 heteroatoms. The number of ether oxygens (including phenoxy) is 1. The van der Waals surface area contributed by atoms with Gasteiger partial charge >= 0.3 is 0 Å². The molecule has 1 fully saturated rings. The third-order valence-electron chi connectivity index (χ3n) is 3.57. The molecule has 0 unspecified atom stereocenters. The number of halogens is 1. The minimum Gasteiger partial charge on any atom is -0.377 e. The fourth-order valence-electron chi connectivity index (χ4n) is 2.02. The lowest BCUT2D eigenvalue weighted by Crippen LogP contribution is -2.35. The molecule has 1 N–H and O–H groups in total. The van der Waals surface area contributed by atoms with Gasteiger partial charge < -0.3 is 10.1 Å². The molecule has 1 aliphatic rings. The van der Waals surface area contributed by atoms with Crippen molar-refractivity contribution in [3.8, 4) is 0 Å². The van der Waals surface area contributed by atoms with Crippen LogP contribution in [0.15, 0.2) is 22.7 Å². The van der Waals surface area contributed by atoms with E-state index in [-0.39, 0.29) is 5.54 Å². The molecule has 1 aromatic carbocycles. The van der Waals surface area contributed by atoms with Gasteiger partial charge in [-0.1, -0.05) is 40.9 Å². The zero-order valence-electron chi connectivity index (χ0n) is 12.8. The Hall–Kier alpha value is -0.380. The fourth-order valence-corrected chi connectivity index (χ4v) is 2.56. The van der Waals surface area contributed by atoms with E-state index in [0.717, 1.165) is 23.5 Å². The monoisotopic (exact) mass is 339 g/mol. The summed E-state index contributed by atoms with van der Waals surface area (Å²) >= 11 is 3.65. The predicted molar refractivity (Wildman–Crippen MR) is 87.7 cm³/mol. The van der Waals surface area contributed by atoms with Crippen LogP contribution in [0.2, 0.25) is 0 Å². The lowest BCUT2D eigenvalue weighted by atomic mass is 10.1. The smallest absolute Gasteiger partial charge is 0.0727 e.